The highest BCUT2D eigenvalue weighted by molar-refractivity contribution is 7.00. The first-order valence-corrected chi connectivity index (χ1v) is 25.5. The number of furan rings is 2. The zero-order valence-corrected chi connectivity index (χ0v) is 41.6. The zero-order valence-electron chi connectivity index (χ0n) is 41.6. The fourth-order valence-corrected chi connectivity index (χ4v) is 13.6. The molecule has 70 heavy (non-hydrogen) atoms. The predicted molar refractivity (Wildman–Crippen MR) is 295 cm³/mol. The van der Waals surface area contributed by atoms with E-state index >= 15 is 0 Å². The third kappa shape index (κ3) is 5.56. The van der Waals surface area contributed by atoms with Crippen LogP contribution < -0.4 is 31.1 Å². The minimum Gasteiger partial charge on any atom is -0.456 e. The van der Waals surface area contributed by atoms with Crippen molar-refractivity contribution in [3.05, 3.63) is 174 Å². The normalized spacial score (nSPS) is 19.5. The van der Waals surface area contributed by atoms with Crippen molar-refractivity contribution < 1.29 is 8.83 Å². The van der Waals surface area contributed by atoms with Crippen LogP contribution in [0.1, 0.15) is 97.8 Å². The van der Waals surface area contributed by atoms with Gasteiger partial charge < -0.3 is 23.5 Å². The molecule has 1 fully saturated rings. The van der Waals surface area contributed by atoms with Gasteiger partial charge in [-0.25, -0.2) is 0 Å². The van der Waals surface area contributed by atoms with Gasteiger partial charge in [0.15, 0.2) is 0 Å². The van der Waals surface area contributed by atoms with E-state index < -0.39 is 0 Å². The molecule has 10 aromatic rings. The van der Waals surface area contributed by atoms with Gasteiger partial charge in [0.2, 0.25) is 0 Å². The van der Waals surface area contributed by atoms with Gasteiger partial charge in [0.05, 0.1) is 27.7 Å². The van der Waals surface area contributed by atoms with Crippen molar-refractivity contribution in [2.24, 2.45) is 0 Å². The number of hydrogen-bond acceptors (Lipinski definition) is 5. The van der Waals surface area contributed by atoms with E-state index in [4.69, 9.17) is 8.83 Å². The highest BCUT2D eigenvalue weighted by Gasteiger charge is 2.58. The minimum atomic E-state index is -0.158. The lowest BCUT2D eigenvalue weighted by atomic mass is 9.33. The molecule has 2 aromatic heterocycles. The maximum Gasteiger partial charge on any atom is 0.252 e. The molecule has 2 atom stereocenters. The predicted octanol–water partition coefficient (Wildman–Crippen LogP) is 15.9. The molecule has 0 saturated heterocycles. The van der Waals surface area contributed by atoms with Gasteiger partial charge in [-0.05, 0) is 130 Å². The molecule has 0 amide bonds. The molecule has 1 aliphatic carbocycles. The first kappa shape index (κ1) is 41.8. The molecule has 0 N–H and O–H groups in total. The summed E-state index contributed by atoms with van der Waals surface area (Å²) in [7, 11) is 0. The van der Waals surface area contributed by atoms with Crippen LogP contribution in [0.15, 0.2) is 167 Å². The first-order valence-electron chi connectivity index (χ1n) is 25.5. The van der Waals surface area contributed by atoms with Crippen molar-refractivity contribution in [2.75, 3.05) is 14.7 Å². The van der Waals surface area contributed by atoms with Crippen molar-refractivity contribution in [2.45, 2.75) is 103 Å². The SMILES string of the molecule is CC(C)(C)c1ccc2c(c1)B1c3cc(C(C)(C)C)ccc3N(c3cccc4oc5ccccc5c34)c3cc(N4c5ccccc5C5(C)CCCCC45C)cc(c31)N2c1cccc2oc3ccccc3c12. The van der Waals surface area contributed by atoms with Gasteiger partial charge in [0.1, 0.15) is 22.3 Å². The van der Waals surface area contributed by atoms with Crippen LogP contribution in [0.4, 0.5) is 45.5 Å². The van der Waals surface area contributed by atoms with Crippen LogP contribution in [-0.4, -0.2) is 12.3 Å². The van der Waals surface area contributed by atoms with Crippen LogP contribution in [0.5, 0.6) is 0 Å². The number of anilines is 8. The molecule has 3 aliphatic heterocycles. The van der Waals surface area contributed by atoms with Crippen LogP contribution >= 0.6 is 0 Å². The monoisotopic (exact) mass is 911 g/mol. The van der Waals surface area contributed by atoms with Crippen molar-refractivity contribution in [1.82, 2.24) is 0 Å². The highest BCUT2D eigenvalue weighted by Crippen LogP contribution is 2.62. The topological polar surface area (TPSA) is 36.0 Å². The van der Waals surface area contributed by atoms with Crippen molar-refractivity contribution in [1.29, 1.82) is 0 Å². The molecule has 5 nitrogen and oxygen atoms in total. The number of rotatable bonds is 3. The van der Waals surface area contributed by atoms with Gasteiger partial charge in [-0.15, -0.1) is 0 Å². The fourth-order valence-electron chi connectivity index (χ4n) is 13.6. The van der Waals surface area contributed by atoms with E-state index in [2.05, 4.69) is 228 Å². The molecule has 4 aliphatic rings. The average molecular weight is 912 g/mol. The molecule has 2 unspecified atom stereocenters. The molecule has 1 saturated carbocycles. The van der Waals surface area contributed by atoms with Gasteiger partial charge in [-0.2, -0.15) is 0 Å². The quantitative estimate of drug-likeness (QED) is 0.165. The van der Waals surface area contributed by atoms with Gasteiger partial charge in [0, 0.05) is 50.3 Å². The summed E-state index contributed by atoms with van der Waals surface area (Å²) in [6, 6.07) is 59.5. The smallest absolute Gasteiger partial charge is 0.252 e. The summed E-state index contributed by atoms with van der Waals surface area (Å²) in [4.78, 5) is 7.99. The van der Waals surface area contributed by atoms with E-state index in [0.29, 0.717) is 0 Å². The van der Waals surface area contributed by atoms with E-state index in [9.17, 15) is 0 Å². The highest BCUT2D eigenvalue weighted by atomic mass is 16.3. The third-order valence-corrected chi connectivity index (χ3v) is 17.3. The van der Waals surface area contributed by atoms with Crippen LogP contribution in [0.2, 0.25) is 0 Å². The Bertz CT molecular complexity index is 3640. The second-order valence-corrected chi connectivity index (χ2v) is 23.2. The number of para-hydroxylation sites is 3. The summed E-state index contributed by atoms with van der Waals surface area (Å²) in [5, 5.41) is 4.48. The minimum absolute atomic E-state index is 0.0224. The first-order chi connectivity index (χ1) is 33.7. The van der Waals surface area contributed by atoms with Crippen LogP contribution in [0.25, 0.3) is 43.9 Å². The Balaban J connectivity index is 1.17. The number of nitrogens with zero attached hydrogens (tertiary/aromatic N) is 3. The summed E-state index contributed by atoms with van der Waals surface area (Å²) in [5.41, 5.74) is 20.8. The molecule has 8 aromatic carbocycles. The van der Waals surface area contributed by atoms with Gasteiger partial charge in [0.25, 0.3) is 6.71 Å². The van der Waals surface area contributed by atoms with Crippen LogP contribution in [0.3, 0.4) is 0 Å². The average Bonchev–Trinajstić information content (AvgIpc) is 3.99. The standard InChI is InChI=1S/C64H58BN3O2/c1-61(2,3)39-29-31-48-45(35-39)65-46-36-40(62(4,5)6)30-32-49(46)67(51-24-18-28-57-59(51)43-20-10-14-26-55(43)70-57)53-38-41(68-47-22-12-11-21-44(47)63(7)33-15-16-34-64(63,68)8)37-52(60(53)65)66(48)50-23-17-27-56-58(50)42-19-9-13-25-54(42)69-56/h9-14,17-32,35-38H,15-16,33-34H2,1-8H3. The lowest BCUT2D eigenvalue weighted by Crippen LogP contribution is -2.62. The Morgan fingerprint density at radius 2 is 0.929 bits per heavy atom. The molecule has 5 heterocycles. The van der Waals surface area contributed by atoms with E-state index in [0.717, 1.165) is 68.1 Å². The van der Waals surface area contributed by atoms with Crippen LogP contribution in [-0.2, 0) is 16.2 Å². The molecule has 0 bridgehead atoms. The van der Waals surface area contributed by atoms with E-state index in [-0.39, 0.29) is 28.5 Å². The molecule has 6 heteroatoms. The summed E-state index contributed by atoms with van der Waals surface area (Å²) in [6.45, 7) is 19.1. The summed E-state index contributed by atoms with van der Waals surface area (Å²) in [5.74, 6) is 0. The Kier molecular flexibility index (Phi) is 8.49. The maximum absolute atomic E-state index is 6.71. The van der Waals surface area contributed by atoms with Crippen molar-refractivity contribution in [3.8, 4) is 0 Å². The van der Waals surface area contributed by atoms with E-state index in [1.165, 1.54) is 80.0 Å². The van der Waals surface area contributed by atoms with E-state index in [1.54, 1.807) is 0 Å². The summed E-state index contributed by atoms with van der Waals surface area (Å²) < 4.78 is 13.4. The molecule has 14 rings (SSSR count). The second kappa shape index (κ2) is 14.2. The third-order valence-electron chi connectivity index (χ3n) is 17.3. The molecule has 344 valence electrons. The Labute approximate surface area is 411 Å². The summed E-state index contributed by atoms with van der Waals surface area (Å²) >= 11 is 0. The van der Waals surface area contributed by atoms with Gasteiger partial charge >= 0.3 is 0 Å². The number of hydrogen-bond donors (Lipinski definition) is 0. The largest absolute Gasteiger partial charge is 0.456 e. The number of fused-ring (bicyclic) bond motifs is 13. The lowest BCUT2D eigenvalue weighted by Gasteiger charge is -2.51. The zero-order chi connectivity index (χ0) is 47.6. The van der Waals surface area contributed by atoms with Crippen LogP contribution in [0, 0.1) is 0 Å². The Hall–Kier alpha value is -7.18. The molecular weight excluding hydrogens is 854 g/mol. The van der Waals surface area contributed by atoms with Crippen molar-refractivity contribution >= 4 is 112 Å². The molecule has 0 spiro atoms. The van der Waals surface area contributed by atoms with Gasteiger partial charge in [-0.1, -0.05) is 152 Å². The van der Waals surface area contributed by atoms with E-state index in [1.807, 2.05) is 0 Å². The second-order valence-electron chi connectivity index (χ2n) is 23.2. The summed E-state index contributed by atoms with van der Waals surface area (Å²) in [6.07, 6.45) is 4.71. The molecular formula is C64H58BN3O2. The number of benzene rings is 8. The van der Waals surface area contributed by atoms with Crippen molar-refractivity contribution in [3.63, 3.8) is 0 Å². The van der Waals surface area contributed by atoms with Gasteiger partial charge in [-0.3, -0.25) is 0 Å². The lowest BCUT2D eigenvalue weighted by molar-refractivity contribution is 0.195. The Morgan fingerprint density at radius 3 is 1.47 bits per heavy atom. The Morgan fingerprint density at radius 1 is 0.457 bits per heavy atom. The molecule has 0 radical (unpaired) electrons. The fraction of sp³-hybridized carbons (Fsp3) is 0.250. The maximum atomic E-state index is 6.71.